The molecule has 0 saturated heterocycles. The minimum absolute atomic E-state index is 0.291. The van der Waals surface area contributed by atoms with Gasteiger partial charge >= 0.3 is 0 Å². The van der Waals surface area contributed by atoms with E-state index in [9.17, 15) is 8.78 Å². The predicted octanol–water partition coefficient (Wildman–Crippen LogP) is 3.86. The second kappa shape index (κ2) is 5.46. The highest BCUT2D eigenvalue weighted by Gasteiger charge is 2.12. The van der Waals surface area contributed by atoms with Crippen LogP contribution in [0.1, 0.15) is 17.2 Å². The molecule has 2 aromatic rings. The summed E-state index contributed by atoms with van der Waals surface area (Å²) in [5, 5.41) is 0.291. The zero-order chi connectivity index (χ0) is 13.1. The van der Waals surface area contributed by atoms with Crippen LogP contribution in [0.2, 0.25) is 5.02 Å². The monoisotopic (exact) mass is 267 g/mol. The number of rotatable bonds is 3. The van der Waals surface area contributed by atoms with E-state index in [1.807, 2.05) is 0 Å². The first-order valence-electron chi connectivity index (χ1n) is 5.51. The topological polar surface area (TPSA) is 26.0 Å². The molecule has 94 valence electrons. The fraction of sp³-hybridized carbons (Fsp3) is 0.143. The molecule has 2 aromatic carbocycles. The van der Waals surface area contributed by atoms with E-state index in [0.717, 1.165) is 5.56 Å². The summed E-state index contributed by atoms with van der Waals surface area (Å²) in [5.41, 5.74) is 7.43. The maximum Gasteiger partial charge on any atom is 0.124 e. The molecule has 0 fully saturated rings. The first-order chi connectivity index (χ1) is 8.56. The summed E-state index contributed by atoms with van der Waals surface area (Å²) in [5.74, 6) is -0.702. The Morgan fingerprint density at radius 1 is 1.06 bits per heavy atom. The molecule has 2 N–H and O–H groups in total. The molecule has 1 unspecified atom stereocenters. The number of hydrogen-bond donors (Lipinski definition) is 1. The van der Waals surface area contributed by atoms with Crippen LogP contribution in [0.3, 0.4) is 0 Å². The molecule has 0 amide bonds. The molecular formula is C14H12ClF2N. The number of benzene rings is 2. The lowest BCUT2D eigenvalue weighted by Crippen LogP contribution is -2.14. The average molecular weight is 268 g/mol. The Bertz CT molecular complexity index is 557. The van der Waals surface area contributed by atoms with Crippen LogP contribution in [0, 0.1) is 11.6 Å². The molecular weight excluding hydrogens is 256 g/mol. The van der Waals surface area contributed by atoms with E-state index >= 15 is 0 Å². The van der Waals surface area contributed by atoms with E-state index in [2.05, 4.69) is 0 Å². The highest BCUT2D eigenvalue weighted by Crippen LogP contribution is 2.25. The van der Waals surface area contributed by atoms with Crippen LogP contribution in [0.25, 0.3) is 0 Å². The predicted molar refractivity (Wildman–Crippen MR) is 68.4 cm³/mol. The summed E-state index contributed by atoms with van der Waals surface area (Å²) >= 11 is 5.93. The molecule has 0 heterocycles. The van der Waals surface area contributed by atoms with Crippen LogP contribution in [-0.2, 0) is 6.42 Å². The van der Waals surface area contributed by atoms with Gasteiger partial charge in [-0.05, 0) is 41.8 Å². The molecule has 0 saturated carbocycles. The van der Waals surface area contributed by atoms with E-state index in [-0.39, 0.29) is 11.9 Å². The van der Waals surface area contributed by atoms with Crippen molar-refractivity contribution >= 4 is 11.6 Å². The van der Waals surface area contributed by atoms with Crippen molar-refractivity contribution in [3.8, 4) is 0 Å². The summed E-state index contributed by atoms with van der Waals surface area (Å²) in [7, 11) is 0. The number of halogens is 3. The molecule has 4 heteroatoms. The highest BCUT2D eigenvalue weighted by molar-refractivity contribution is 6.31. The van der Waals surface area contributed by atoms with Crippen LogP contribution < -0.4 is 5.73 Å². The third-order valence-electron chi connectivity index (χ3n) is 2.71. The molecule has 18 heavy (non-hydrogen) atoms. The summed E-state index contributed by atoms with van der Waals surface area (Å²) < 4.78 is 26.0. The van der Waals surface area contributed by atoms with Gasteiger partial charge < -0.3 is 5.73 Å². The van der Waals surface area contributed by atoms with E-state index in [4.69, 9.17) is 17.3 Å². The van der Waals surface area contributed by atoms with Crippen molar-refractivity contribution in [3.63, 3.8) is 0 Å². The maximum absolute atomic E-state index is 13.0. The molecule has 1 atom stereocenters. The Morgan fingerprint density at radius 2 is 1.78 bits per heavy atom. The molecule has 2 rings (SSSR count). The quantitative estimate of drug-likeness (QED) is 0.898. The van der Waals surface area contributed by atoms with Crippen LogP contribution in [-0.4, -0.2) is 0 Å². The van der Waals surface area contributed by atoms with Crippen LogP contribution in [0.5, 0.6) is 0 Å². The van der Waals surface area contributed by atoms with Gasteiger partial charge in [0.1, 0.15) is 11.6 Å². The minimum atomic E-state index is -0.401. The van der Waals surface area contributed by atoms with Gasteiger partial charge in [-0.25, -0.2) is 8.78 Å². The minimum Gasteiger partial charge on any atom is -0.324 e. The standard InChI is InChI=1S/C14H12ClF2N/c15-13-8-11(17)4-5-12(13)14(18)7-9-2-1-3-10(16)6-9/h1-6,8,14H,7,18H2. The van der Waals surface area contributed by atoms with Crippen molar-refractivity contribution in [1.29, 1.82) is 0 Å². The molecule has 0 aliphatic carbocycles. The summed E-state index contributed by atoms with van der Waals surface area (Å²) in [6, 6.07) is 9.93. The van der Waals surface area contributed by atoms with E-state index < -0.39 is 5.82 Å². The van der Waals surface area contributed by atoms with Gasteiger partial charge in [0.15, 0.2) is 0 Å². The van der Waals surface area contributed by atoms with E-state index in [0.29, 0.717) is 17.0 Å². The van der Waals surface area contributed by atoms with Crippen molar-refractivity contribution in [3.05, 3.63) is 70.2 Å². The van der Waals surface area contributed by atoms with Crippen LogP contribution in [0.15, 0.2) is 42.5 Å². The third kappa shape index (κ3) is 3.06. The lowest BCUT2D eigenvalue weighted by molar-refractivity contribution is 0.620. The molecule has 0 bridgehead atoms. The van der Waals surface area contributed by atoms with Crippen molar-refractivity contribution in [2.75, 3.05) is 0 Å². The van der Waals surface area contributed by atoms with Gasteiger partial charge in [-0.2, -0.15) is 0 Å². The van der Waals surface area contributed by atoms with E-state index in [1.54, 1.807) is 18.2 Å². The molecule has 1 nitrogen and oxygen atoms in total. The van der Waals surface area contributed by atoms with Gasteiger partial charge in [0, 0.05) is 11.1 Å². The largest absolute Gasteiger partial charge is 0.324 e. The molecule has 0 aliphatic heterocycles. The first-order valence-corrected chi connectivity index (χ1v) is 5.89. The zero-order valence-electron chi connectivity index (χ0n) is 9.54. The Balaban J connectivity index is 2.19. The fourth-order valence-corrected chi connectivity index (χ4v) is 2.14. The summed E-state index contributed by atoms with van der Waals surface area (Å²) in [6.07, 6.45) is 0.448. The Kier molecular flexibility index (Phi) is 3.94. The van der Waals surface area contributed by atoms with Crippen molar-refractivity contribution in [1.82, 2.24) is 0 Å². The first kappa shape index (κ1) is 13.0. The lowest BCUT2D eigenvalue weighted by Gasteiger charge is -2.14. The average Bonchev–Trinajstić information content (AvgIpc) is 2.28. The van der Waals surface area contributed by atoms with Crippen LogP contribution in [0.4, 0.5) is 8.78 Å². The van der Waals surface area contributed by atoms with Gasteiger partial charge in [-0.15, -0.1) is 0 Å². The summed E-state index contributed by atoms with van der Waals surface area (Å²) in [4.78, 5) is 0. The van der Waals surface area contributed by atoms with Gasteiger partial charge in [-0.1, -0.05) is 29.8 Å². The fourth-order valence-electron chi connectivity index (χ4n) is 1.83. The van der Waals surface area contributed by atoms with Crippen LogP contribution >= 0.6 is 11.6 Å². The second-order valence-electron chi connectivity index (χ2n) is 4.11. The Morgan fingerprint density at radius 3 is 2.44 bits per heavy atom. The zero-order valence-corrected chi connectivity index (χ0v) is 10.3. The lowest BCUT2D eigenvalue weighted by atomic mass is 9.99. The molecule has 0 aliphatic rings. The summed E-state index contributed by atoms with van der Waals surface area (Å²) in [6.45, 7) is 0. The Hall–Kier alpha value is -1.45. The van der Waals surface area contributed by atoms with Gasteiger partial charge in [0.25, 0.3) is 0 Å². The normalized spacial score (nSPS) is 12.4. The number of nitrogens with two attached hydrogens (primary N) is 1. The third-order valence-corrected chi connectivity index (χ3v) is 3.03. The van der Waals surface area contributed by atoms with Gasteiger partial charge in [0.2, 0.25) is 0 Å². The molecule has 0 aromatic heterocycles. The smallest absolute Gasteiger partial charge is 0.124 e. The molecule has 0 radical (unpaired) electrons. The van der Waals surface area contributed by atoms with Gasteiger partial charge in [-0.3, -0.25) is 0 Å². The SMILES string of the molecule is NC(Cc1cccc(F)c1)c1ccc(F)cc1Cl. The van der Waals surface area contributed by atoms with Crippen molar-refractivity contribution in [2.24, 2.45) is 5.73 Å². The van der Waals surface area contributed by atoms with Crippen molar-refractivity contribution < 1.29 is 8.78 Å². The Labute approximate surface area is 109 Å². The maximum atomic E-state index is 13.0. The highest BCUT2D eigenvalue weighted by atomic mass is 35.5. The van der Waals surface area contributed by atoms with Crippen molar-refractivity contribution in [2.45, 2.75) is 12.5 Å². The van der Waals surface area contributed by atoms with Gasteiger partial charge in [0.05, 0.1) is 0 Å². The van der Waals surface area contributed by atoms with E-state index in [1.165, 1.54) is 24.3 Å². The number of hydrogen-bond acceptors (Lipinski definition) is 1. The molecule has 0 spiro atoms. The second-order valence-corrected chi connectivity index (χ2v) is 4.51.